The molecule has 1 aliphatic carbocycles. The predicted molar refractivity (Wildman–Crippen MR) is 200 cm³/mol. The molecule has 4 nitrogen and oxygen atoms in total. The van der Waals surface area contributed by atoms with Gasteiger partial charge in [-0.3, -0.25) is 0 Å². The van der Waals surface area contributed by atoms with Gasteiger partial charge in [-0.25, -0.2) is 15.0 Å². The minimum absolute atomic E-state index is 0.0693. The molecule has 49 heavy (non-hydrogen) atoms. The van der Waals surface area contributed by atoms with E-state index in [9.17, 15) is 0 Å². The maximum atomic E-state index is 6.41. The summed E-state index contributed by atoms with van der Waals surface area (Å²) < 4.78 is 6.41. The highest BCUT2D eigenvalue weighted by molar-refractivity contribution is 6.12. The molecule has 8 aromatic rings. The van der Waals surface area contributed by atoms with E-state index in [0.717, 1.165) is 62.0 Å². The number of benzene rings is 6. The lowest BCUT2D eigenvalue weighted by molar-refractivity contribution is 0.669. The third-order valence-corrected chi connectivity index (χ3v) is 9.28. The minimum atomic E-state index is 0.0693. The van der Waals surface area contributed by atoms with Gasteiger partial charge in [0.1, 0.15) is 17.0 Å². The van der Waals surface area contributed by atoms with E-state index in [1.807, 2.05) is 24.3 Å². The smallest absolute Gasteiger partial charge is 0.164 e. The molecule has 0 amide bonds. The summed E-state index contributed by atoms with van der Waals surface area (Å²) in [6, 6.07) is 50.6. The number of aromatic nitrogens is 3. The number of allylic oxidation sites excluding steroid dienone is 4. The zero-order chi connectivity index (χ0) is 32.6. The Hall–Kier alpha value is -6.39. The Labute approximate surface area is 284 Å². The Morgan fingerprint density at radius 3 is 1.71 bits per heavy atom. The first-order valence-electron chi connectivity index (χ1n) is 16.6. The summed E-state index contributed by atoms with van der Waals surface area (Å²) >= 11 is 0. The fourth-order valence-electron chi connectivity index (χ4n) is 6.70. The molecule has 0 N–H and O–H groups in total. The molecule has 2 heterocycles. The fraction of sp³-hybridized carbons (Fsp3) is 0.0444. The molecule has 6 aromatic carbocycles. The molecule has 1 atom stereocenters. The van der Waals surface area contributed by atoms with E-state index in [-0.39, 0.29) is 5.92 Å². The Balaban J connectivity index is 1.16. The van der Waals surface area contributed by atoms with Gasteiger partial charge in [-0.2, -0.15) is 0 Å². The minimum Gasteiger partial charge on any atom is -0.456 e. The van der Waals surface area contributed by atoms with E-state index in [0.29, 0.717) is 11.6 Å². The molecule has 0 saturated heterocycles. The van der Waals surface area contributed by atoms with Crippen molar-refractivity contribution >= 4 is 21.9 Å². The standard InChI is InChI=1S/C45H31N3O/c1-4-11-30(12-5-1)32-19-21-34(22-20-32)37-27-28-40-39(29-37)42-38(17-10-18-41(42)49-40)45-47-43(35-15-8-3-9-16-35)46-44(48-45)36-25-23-33(24-26-36)31-13-6-2-7-14-31/h1-15,17-29,35H,16H2. The summed E-state index contributed by atoms with van der Waals surface area (Å²) in [5.74, 6) is 2.13. The summed E-state index contributed by atoms with van der Waals surface area (Å²) in [4.78, 5) is 15.3. The Morgan fingerprint density at radius 2 is 1.06 bits per heavy atom. The maximum absolute atomic E-state index is 6.41. The average molecular weight is 630 g/mol. The Kier molecular flexibility index (Phi) is 7.25. The molecule has 4 heteroatoms. The number of hydrogen-bond acceptors (Lipinski definition) is 4. The molecule has 9 rings (SSSR count). The van der Waals surface area contributed by atoms with E-state index in [1.54, 1.807) is 0 Å². The number of rotatable bonds is 6. The first-order valence-corrected chi connectivity index (χ1v) is 16.6. The van der Waals surface area contributed by atoms with Gasteiger partial charge in [0, 0.05) is 27.8 Å². The van der Waals surface area contributed by atoms with Crippen LogP contribution in [-0.2, 0) is 0 Å². The van der Waals surface area contributed by atoms with Crippen LogP contribution in [0.5, 0.6) is 0 Å². The van der Waals surface area contributed by atoms with E-state index >= 15 is 0 Å². The highest BCUT2D eigenvalue weighted by atomic mass is 16.3. The molecule has 2 aromatic heterocycles. The number of hydrogen-bond donors (Lipinski definition) is 0. The van der Waals surface area contributed by atoms with Crippen molar-refractivity contribution in [2.45, 2.75) is 12.3 Å². The van der Waals surface area contributed by atoms with Gasteiger partial charge in [0.2, 0.25) is 0 Å². The van der Waals surface area contributed by atoms with Crippen LogP contribution in [-0.4, -0.2) is 15.0 Å². The lowest BCUT2D eigenvalue weighted by Gasteiger charge is -2.15. The van der Waals surface area contributed by atoms with Gasteiger partial charge < -0.3 is 4.42 Å². The Bertz CT molecular complexity index is 2500. The van der Waals surface area contributed by atoms with Crippen molar-refractivity contribution in [2.75, 3.05) is 0 Å². The average Bonchev–Trinajstić information content (AvgIpc) is 3.57. The van der Waals surface area contributed by atoms with Crippen molar-refractivity contribution < 1.29 is 4.42 Å². The van der Waals surface area contributed by atoms with Crippen LogP contribution in [0.15, 0.2) is 174 Å². The van der Waals surface area contributed by atoms with Crippen LogP contribution in [0.4, 0.5) is 0 Å². The van der Waals surface area contributed by atoms with Gasteiger partial charge in [0.25, 0.3) is 0 Å². The van der Waals surface area contributed by atoms with Gasteiger partial charge in [-0.05, 0) is 58.0 Å². The maximum Gasteiger partial charge on any atom is 0.164 e. The van der Waals surface area contributed by atoms with Crippen LogP contribution in [0.2, 0.25) is 0 Å². The van der Waals surface area contributed by atoms with Crippen molar-refractivity contribution in [3.05, 3.63) is 176 Å². The molecular weight excluding hydrogens is 599 g/mol. The zero-order valence-electron chi connectivity index (χ0n) is 26.7. The molecule has 0 fully saturated rings. The molecule has 1 aliphatic rings. The second kappa shape index (κ2) is 12.3. The zero-order valence-corrected chi connectivity index (χ0v) is 26.7. The van der Waals surface area contributed by atoms with E-state index in [2.05, 4.69) is 146 Å². The molecule has 0 radical (unpaired) electrons. The first kappa shape index (κ1) is 28.8. The van der Waals surface area contributed by atoms with Crippen LogP contribution in [0.3, 0.4) is 0 Å². The highest BCUT2D eigenvalue weighted by Crippen LogP contribution is 2.39. The SMILES string of the molecule is C1=CCC(c2nc(-c3ccc(-c4ccccc4)cc3)nc(-c3cccc4oc5ccc(-c6ccc(-c7ccccc7)cc6)cc5c34)n2)C=C1. The number of furan rings is 1. The molecule has 0 spiro atoms. The lowest BCUT2D eigenvalue weighted by atomic mass is 9.98. The second-order valence-corrected chi connectivity index (χ2v) is 12.4. The quantitative estimate of drug-likeness (QED) is 0.184. The summed E-state index contributed by atoms with van der Waals surface area (Å²) in [5, 5.41) is 2.04. The molecule has 232 valence electrons. The van der Waals surface area contributed by atoms with E-state index in [4.69, 9.17) is 19.4 Å². The van der Waals surface area contributed by atoms with Crippen molar-refractivity contribution in [1.82, 2.24) is 15.0 Å². The number of fused-ring (bicyclic) bond motifs is 3. The predicted octanol–water partition coefficient (Wildman–Crippen LogP) is 11.7. The van der Waals surface area contributed by atoms with E-state index < -0.39 is 0 Å². The third kappa shape index (κ3) is 5.53. The largest absolute Gasteiger partial charge is 0.456 e. The Morgan fingerprint density at radius 1 is 0.469 bits per heavy atom. The summed E-state index contributed by atoms with van der Waals surface area (Å²) in [6.45, 7) is 0. The molecule has 0 aliphatic heterocycles. The van der Waals surface area contributed by atoms with Gasteiger partial charge in [0.05, 0.1) is 0 Å². The van der Waals surface area contributed by atoms with E-state index in [1.165, 1.54) is 16.7 Å². The lowest BCUT2D eigenvalue weighted by Crippen LogP contribution is -2.08. The molecule has 1 unspecified atom stereocenters. The van der Waals surface area contributed by atoms with Crippen molar-refractivity contribution in [2.24, 2.45) is 0 Å². The number of nitrogens with zero attached hydrogens (tertiary/aromatic N) is 3. The van der Waals surface area contributed by atoms with Crippen LogP contribution in [0, 0.1) is 0 Å². The third-order valence-electron chi connectivity index (χ3n) is 9.28. The van der Waals surface area contributed by atoms with Gasteiger partial charge in [0.15, 0.2) is 11.6 Å². The van der Waals surface area contributed by atoms with Gasteiger partial charge in [-0.1, -0.05) is 152 Å². The van der Waals surface area contributed by atoms with Crippen molar-refractivity contribution in [3.8, 4) is 56.2 Å². The second-order valence-electron chi connectivity index (χ2n) is 12.4. The summed E-state index contributed by atoms with van der Waals surface area (Å²) in [7, 11) is 0. The van der Waals surface area contributed by atoms with Gasteiger partial charge in [-0.15, -0.1) is 0 Å². The topological polar surface area (TPSA) is 51.8 Å². The van der Waals surface area contributed by atoms with Crippen LogP contribution >= 0.6 is 0 Å². The van der Waals surface area contributed by atoms with Crippen LogP contribution in [0.1, 0.15) is 18.2 Å². The van der Waals surface area contributed by atoms with Crippen LogP contribution < -0.4 is 0 Å². The fourth-order valence-corrected chi connectivity index (χ4v) is 6.70. The van der Waals surface area contributed by atoms with Gasteiger partial charge >= 0.3 is 0 Å². The van der Waals surface area contributed by atoms with Crippen molar-refractivity contribution in [3.63, 3.8) is 0 Å². The normalized spacial score (nSPS) is 14.1. The first-order chi connectivity index (χ1) is 24.3. The monoisotopic (exact) mass is 629 g/mol. The highest BCUT2D eigenvalue weighted by Gasteiger charge is 2.20. The summed E-state index contributed by atoms with van der Waals surface area (Å²) in [6.07, 6.45) is 9.33. The summed E-state index contributed by atoms with van der Waals surface area (Å²) in [5.41, 5.74) is 10.5. The molecular formula is C45H31N3O. The molecule has 0 bridgehead atoms. The van der Waals surface area contributed by atoms with Crippen LogP contribution in [0.25, 0.3) is 78.1 Å². The molecule has 0 saturated carbocycles. The van der Waals surface area contributed by atoms with Crippen molar-refractivity contribution in [1.29, 1.82) is 0 Å².